The Morgan fingerprint density at radius 1 is 1.40 bits per heavy atom. The standard InChI is InChI=1S/C12H16ClNO/c1-8-5-6-9(13)11(12(8)15)10-4-2-3-7-14-10/h5-6,10,14-15H,2-4,7H2,1H3. The lowest BCUT2D eigenvalue weighted by molar-refractivity contribution is 0.390. The molecule has 1 atom stereocenters. The normalized spacial score (nSPS) is 21.6. The molecule has 0 saturated carbocycles. The fourth-order valence-electron chi connectivity index (χ4n) is 2.12. The van der Waals surface area contributed by atoms with Crippen LogP contribution in [-0.4, -0.2) is 11.7 Å². The minimum Gasteiger partial charge on any atom is -0.507 e. The van der Waals surface area contributed by atoms with Gasteiger partial charge in [0.2, 0.25) is 0 Å². The van der Waals surface area contributed by atoms with Crippen LogP contribution in [0.3, 0.4) is 0 Å². The molecule has 15 heavy (non-hydrogen) atoms. The number of nitrogens with one attached hydrogen (secondary N) is 1. The van der Waals surface area contributed by atoms with Crippen molar-refractivity contribution in [3.63, 3.8) is 0 Å². The number of aryl methyl sites for hydroxylation is 1. The second-order valence-electron chi connectivity index (χ2n) is 4.13. The first-order valence-electron chi connectivity index (χ1n) is 5.41. The van der Waals surface area contributed by atoms with Crippen molar-refractivity contribution < 1.29 is 5.11 Å². The minimum absolute atomic E-state index is 0.214. The Morgan fingerprint density at radius 2 is 2.20 bits per heavy atom. The molecule has 0 spiro atoms. The SMILES string of the molecule is Cc1ccc(Cl)c(C2CCCCN2)c1O. The molecule has 1 aromatic carbocycles. The van der Waals surface area contributed by atoms with E-state index in [-0.39, 0.29) is 6.04 Å². The van der Waals surface area contributed by atoms with Gasteiger partial charge in [-0.1, -0.05) is 24.1 Å². The highest BCUT2D eigenvalue weighted by molar-refractivity contribution is 6.31. The van der Waals surface area contributed by atoms with Gasteiger partial charge in [0.15, 0.2) is 0 Å². The first-order chi connectivity index (χ1) is 7.20. The average molecular weight is 226 g/mol. The fourth-order valence-corrected chi connectivity index (χ4v) is 2.41. The van der Waals surface area contributed by atoms with Gasteiger partial charge in [-0.25, -0.2) is 0 Å². The Labute approximate surface area is 95.3 Å². The number of piperidine rings is 1. The molecule has 0 aliphatic carbocycles. The van der Waals surface area contributed by atoms with Crippen LogP contribution in [0.1, 0.15) is 36.4 Å². The molecule has 1 unspecified atom stereocenters. The van der Waals surface area contributed by atoms with Gasteiger partial charge in [0, 0.05) is 16.6 Å². The van der Waals surface area contributed by atoms with Crippen LogP contribution in [0.25, 0.3) is 0 Å². The summed E-state index contributed by atoms with van der Waals surface area (Å²) in [5.41, 5.74) is 1.76. The topological polar surface area (TPSA) is 32.3 Å². The van der Waals surface area contributed by atoms with E-state index in [1.54, 1.807) is 0 Å². The summed E-state index contributed by atoms with van der Waals surface area (Å²) in [6.45, 7) is 2.91. The van der Waals surface area contributed by atoms with E-state index in [1.807, 2.05) is 19.1 Å². The van der Waals surface area contributed by atoms with Gasteiger partial charge in [-0.3, -0.25) is 0 Å². The largest absolute Gasteiger partial charge is 0.507 e. The number of hydrogen-bond donors (Lipinski definition) is 2. The summed E-state index contributed by atoms with van der Waals surface area (Å²) >= 11 is 6.13. The molecule has 82 valence electrons. The van der Waals surface area contributed by atoms with Gasteiger partial charge in [0.1, 0.15) is 5.75 Å². The van der Waals surface area contributed by atoms with Gasteiger partial charge in [-0.15, -0.1) is 0 Å². The number of hydrogen-bond acceptors (Lipinski definition) is 2. The zero-order valence-corrected chi connectivity index (χ0v) is 9.64. The van der Waals surface area contributed by atoms with Crippen LogP contribution < -0.4 is 5.32 Å². The van der Waals surface area contributed by atoms with E-state index >= 15 is 0 Å². The predicted molar refractivity (Wildman–Crippen MR) is 62.4 cm³/mol. The molecule has 3 heteroatoms. The Balaban J connectivity index is 2.36. The van der Waals surface area contributed by atoms with Crippen LogP contribution in [0, 0.1) is 6.92 Å². The van der Waals surface area contributed by atoms with Crippen molar-refractivity contribution in [1.82, 2.24) is 5.32 Å². The van der Waals surface area contributed by atoms with E-state index in [0.717, 1.165) is 24.1 Å². The molecule has 0 bridgehead atoms. The summed E-state index contributed by atoms with van der Waals surface area (Å²) in [5.74, 6) is 0.349. The van der Waals surface area contributed by atoms with Gasteiger partial charge < -0.3 is 10.4 Å². The van der Waals surface area contributed by atoms with Gasteiger partial charge in [0.25, 0.3) is 0 Å². The number of halogens is 1. The minimum atomic E-state index is 0.214. The zero-order valence-electron chi connectivity index (χ0n) is 8.89. The molecule has 1 saturated heterocycles. The van der Waals surface area contributed by atoms with Crippen molar-refractivity contribution in [2.45, 2.75) is 32.2 Å². The first kappa shape index (κ1) is 10.8. The van der Waals surface area contributed by atoms with Crippen LogP contribution in [-0.2, 0) is 0 Å². The van der Waals surface area contributed by atoms with Crippen LogP contribution >= 0.6 is 11.6 Å². The van der Waals surface area contributed by atoms with Crippen molar-refractivity contribution in [1.29, 1.82) is 0 Å². The number of phenols is 1. The highest BCUT2D eigenvalue weighted by Crippen LogP contribution is 2.37. The summed E-state index contributed by atoms with van der Waals surface area (Å²) in [6.07, 6.45) is 3.46. The second-order valence-corrected chi connectivity index (χ2v) is 4.54. The molecular weight excluding hydrogens is 210 g/mol. The number of rotatable bonds is 1. The molecule has 1 fully saturated rings. The van der Waals surface area contributed by atoms with Crippen molar-refractivity contribution in [2.75, 3.05) is 6.54 Å². The average Bonchev–Trinajstić information content (AvgIpc) is 2.26. The van der Waals surface area contributed by atoms with Crippen LogP contribution in [0.5, 0.6) is 5.75 Å². The Kier molecular flexibility index (Phi) is 3.17. The van der Waals surface area contributed by atoms with Crippen LogP contribution in [0.4, 0.5) is 0 Å². The molecule has 1 aliphatic heterocycles. The third kappa shape index (κ3) is 2.11. The maximum absolute atomic E-state index is 10.0. The van der Waals surface area contributed by atoms with E-state index in [0.29, 0.717) is 10.8 Å². The van der Waals surface area contributed by atoms with E-state index in [1.165, 1.54) is 12.8 Å². The molecule has 2 N–H and O–H groups in total. The summed E-state index contributed by atoms with van der Waals surface area (Å²) in [6, 6.07) is 3.93. The molecule has 0 amide bonds. The predicted octanol–water partition coefficient (Wildman–Crippen LogP) is 3.17. The molecule has 2 rings (SSSR count). The highest BCUT2D eigenvalue weighted by atomic mass is 35.5. The monoisotopic (exact) mass is 225 g/mol. The lowest BCUT2D eigenvalue weighted by Crippen LogP contribution is -2.27. The second kappa shape index (κ2) is 4.42. The highest BCUT2D eigenvalue weighted by Gasteiger charge is 2.21. The van der Waals surface area contributed by atoms with Gasteiger partial charge in [-0.2, -0.15) is 0 Å². The van der Waals surface area contributed by atoms with Crippen LogP contribution in [0.2, 0.25) is 5.02 Å². The maximum atomic E-state index is 10.0. The summed E-state index contributed by atoms with van der Waals surface area (Å²) in [7, 11) is 0. The smallest absolute Gasteiger partial charge is 0.124 e. The van der Waals surface area contributed by atoms with Gasteiger partial charge in [0.05, 0.1) is 0 Å². The molecule has 0 aromatic heterocycles. The molecule has 1 aromatic rings. The summed E-state index contributed by atoms with van der Waals surface area (Å²) < 4.78 is 0. The lowest BCUT2D eigenvalue weighted by atomic mass is 9.95. The summed E-state index contributed by atoms with van der Waals surface area (Å²) in [4.78, 5) is 0. The molecule has 1 heterocycles. The van der Waals surface area contributed by atoms with Crippen molar-refractivity contribution in [2.24, 2.45) is 0 Å². The third-order valence-corrected chi connectivity index (χ3v) is 3.35. The first-order valence-corrected chi connectivity index (χ1v) is 5.79. The van der Waals surface area contributed by atoms with Crippen molar-refractivity contribution >= 4 is 11.6 Å². The zero-order chi connectivity index (χ0) is 10.8. The quantitative estimate of drug-likeness (QED) is 0.770. The lowest BCUT2D eigenvalue weighted by Gasteiger charge is -2.25. The van der Waals surface area contributed by atoms with E-state index < -0.39 is 0 Å². The van der Waals surface area contributed by atoms with Gasteiger partial charge in [-0.05, 0) is 37.9 Å². The van der Waals surface area contributed by atoms with E-state index in [9.17, 15) is 5.11 Å². The molecular formula is C12H16ClNO. The van der Waals surface area contributed by atoms with Gasteiger partial charge >= 0.3 is 0 Å². The Bertz CT molecular complexity index is 359. The van der Waals surface area contributed by atoms with Crippen LogP contribution in [0.15, 0.2) is 12.1 Å². The third-order valence-electron chi connectivity index (χ3n) is 3.02. The summed E-state index contributed by atoms with van der Waals surface area (Å²) in [5, 5.41) is 14.1. The Hall–Kier alpha value is -0.730. The number of benzene rings is 1. The number of phenolic OH excluding ortho intramolecular Hbond substituents is 1. The Morgan fingerprint density at radius 3 is 2.87 bits per heavy atom. The fraction of sp³-hybridized carbons (Fsp3) is 0.500. The van der Waals surface area contributed by atoms with E-state index in [2.05, 4.69) is 5.32 Å². The molecule has 2 nitrogen and oxygen atoms in total. The maximum Gasteiger partial charge on any atom is 0.124 e. The number of aromatic hydroxyl groups is 1. The van der Waals surface area contributed by atoms with Crippen molar-refractivity contribution in [3.05, 3.63) is 28.3 Å². The molecule has 0 radical (unpaired) electrons. The van der Waals surface area contributed by atoms with Crippen molar-refractivity contribution in [3.8, 4) is 5.75 Å². The van der Waals surface area contributed by atoms with E-state index in [4.69, 9.17) is 11.6 Å². The molecule has 1 aliphatic rings.